The first kappa shape index (κ1) is 34.3. The van der Waals surface area contributed by atoms with Gasteiger partial charge in [-0.3, -0.25) is 29.5 Å². The van der Waals surface area contributed by atoms with Crippen LogP contribution in [0.15, 0.2) is 109 Å². The number of halogens is 2. The Balaban J connectivity index is 1.16. The summed E-state index contributed by atoms with van der Waals surface area (Å²) in [5, 5.41) is 12.9. The third kappa shape index (κ3) is 5.16. The second kappa shape index (κ2) is 13.1. The van der Waals surface area contributed by atoms with Crippen LogP contribution in [-0.2, 0) is 29.3 Å². The zero-order chi connectivity index (χ0) is 37.3. The van der Waals surface area contributed by atoms with E-state index in [1.807, 2.05) is 18.2 Å². The van der Waals surface area contributed by atoms with Gasteiger partial charge in [-0.05, 0) is 91.1 Å². The number of phenolic OH excluding ortho intramolecular Hbond substituents is 1. The highest BCUT2D eigenvalue weighted by atomic mass is 35.5. The van der Waals surface area contributed by atoms with Crippen molar-refractivity contribution in [2.24, 2.45) is 23.7 Å². The summed E-state index contributed by atoms with van der Waals surface area (Å²) in [5.41, 5.74) is 4.79. The van der Waals surface area contributed by atoms with E-state index in [1.54, 1.807) is 54.6 Å². The predicted molar refractivity (Wildman–Crippen MR) is 199 cm³/mol. The molecule has 3 saturated heterocycles. The van der Waals surface area contributed by atoms with E-state index < -0.39 is 52.6 Å². The zero-order valence-electron chi connectivity index (χ0n) is 29.0. The number of anilines is 3. The molecule has 4 aromatic carbocycles. The maximum absolute atomic E-state index is 15.2. The van der Waals surface area contributed by atoms with Crippen molar-refractivity contribution in [1.82, 2.24) is 5.01 Å². The summed E-state index contributed by atoms with van der Waals surface area (Å²) in [6.45, 7) is 2.74. The van der Waals surface area contributed by atoms with E-state index in [2.05, 4.69) is 10.3 Å². The standard InChI is InChI=1S/C42H36ClFN4O6/c43-25-7-5-24(6-8-25)42-34(39(51)48(41(42)53)45-27-11-9-26(44)10-12-27)23-33-30(37(42)31-3-1-2-4-35(31)49)17-18-32-36(33)40(52)47(38(32)50)29-15-13-28(14-16-29)46-19-21-54-22-20-46/h1-17,32-34,36-37,45,49H,18-23H2. The number of nitrogens with zero attached hydrogens (tertiary/aromatic N) is 3. The zero-order valence-corrected chi connectivity index (χ0v) is 29.8. The van der Waals surface area contributed by atoms with Crippen LogP contribution in [0.25, 0.3) is 0 Å². The van der Waals surface area contributed by atoms with Crippen LogP contribution >= 0.6 is 11.6 Å². The number of fused-ring (bicyclic) bond motifs is 4. The Kier molecular flexibility index (Phi) is 8.31. The third-order valence-electron chi connectivity index (χ3n) is 12.0. The van der Waals surface area contributed by atoms with Gasteiger partial charge in [0.25, 0.3) is 11.8 Å². The summed E-state index contributed by atoms with van der Waals surface area (Å²) < 4.78 is 19.4. The number of hydrogen-bond acceptors (Lipinski definition) is 8. The number of morpholine rings is 1. The number of benzene rings is 4. The van der Waals surface area contributed by atoms with Gasteiger partial charge in [0.1, 0.15) is 11.6 Å². The largest absolute Gasteiger partial charge is 0.508 e. The van der Waals surface area contributed by atoms with Crippen LogP contribution in [0.4, 0.5) is 21.5 Å². The minimum absolute atomic E-state index is 0.0701. The van der Waals surface area contributed by atoms with Crippen molar-refractivity contribution in [2.75, 3.05) is 41.5 Å². The van der Waals surface area contributed by atoms with Gasteiger partial charge in [-0.1, -0.05) is 53.6 Å². The number of allylic oxidation sites excluding steroid dienone is 2. The summed E-state index contributed by atoms with van der Waals surface area (Å²) in [6, 6.07) is 26.2. The number of carbonyl (C=O) groups is 4. The number of amides is 4. The average molecular weight is 747 g/mol. The van der Waals surface area contributed by atoms with Crippen LogP contribution < -0.4 is 15.2 Å². The van der Waals surface area contributed by atoms with Crippen molar-refractivity contribution >= 4 is 52.3 Å². The number of rotatable bonds is 6. The first-order valence-corrected chi connectivity index (χ1v) is 18.5. The van der Waals surface area contributed by atoms with Gasteiger partial charge in [0.2, 0.25) is 11.8 Å². The van der Waals surface area contributed by atoms with Crippen LogP contribution in [0.3, 0.4) is 0 Å². The molecule has 5 aliphatic rings. The number of aromatic hydroxyl groups is 1. The van der Waals surface area contributed by atoms with Gasteiger partial charge in [-0.15, -0.1) is 0 Å². The number of imide groups is 2. The summed E-state index contributed by atoms with van der Waals surface area (Å²) in [4.78, 5) is 62.3. The Morgan fingerprint density at radius 1 is 0.796 bits per heavy atom. The van der Waals surface area contributed by atoms with Gasteiger partial charge >= 0.3 is 0 Å². The van der Waals surface area contributed by atoms with E-state index in [1.165, 1.54) is 35.2 Å². The quantitative estimate of drug-likeness (QED) is 0.177. The monoisotopic (exact) mass is 746 g/mol. The van der Waals surface area contributed by atoms with Gasteiger partial charge < -0.3 is 14.7 Å². The molecule has 0 spiro atoms. The summed E-state index contributed by atoms with van der Waals surface area (Å²) >= 11 is 6.36. The number of ether oxygens (including phenoxy) is 1. The molecule has 3 aliphatic heterocycles. The second-order valence-corrected chi connectivity index (χ2v) is 15.0. The normalized spacial score (nSPS) is 27.8. The minimum atomic E-state index is -1.58. The topological polar surface area (TPSA) is 119 Å². The lowest BCUT2D eigenvalue weighted by atomic mass is 9.49. The van der Waals surface area contributed by atoms with Crippen molar-refractivity contribution < 1.29 is 33.4 Å². The highest BCUT2D eigenvalue weighted by Crippen LogP contribution is 2.65. The Labute approximate surface area is 315 Å². The van der Waals surface area contributed by atoms with Crippen LogP contribution in [0.5, 0.6) is 5.75 Å². The molecule has 3 heterocycles. The fraction of sp³-hybridized carbons (Fsp3) is 0.286. The molecule has 0 radical (unpaired) electrons. The van der Waals surface area contributed by atoms with Crippen molar-refractivity contribution in [1.29, 1.82) is 0 Å². The molecule has 4 fully saturated rings. The molecule has 0 aromatic heterocycles. The van der Waals surface area contributed by atoms with Gasteiger partial charge in [-0.2, -0.15) is 5.01 Å². The molecule has 0 bridgehead atoms. The smallest absolute Gasteiger partial charge is 0.260 e. The first-order valence-electron chi connectivity index (χ1n) is 18.1. The molecular weight excluding hydrogens is 711 g/mol. The molecule has 1 saturated carbocycles. The molecular formula is C42H36ClFN4O6. The summed E-state index contributed by atoms with van der Waals surface area (Å²) in [7, 11) is 0. The summed E-state index contributed by atoms with van der Waals surface area (Å²) in [6.07, 6.45) is 2.28. The van der Waals surface area contributed by atoms with E-state index in [-0.39, 0.29) is 30.4 Å². The van der Waals surface area contributed by atoms with Crippen molar-refractivity contribution in [2.45, 2.75) is 24.2 Å². The molecule has 4 amide bonds. The molecule has 10 nitrogen and oxygen atoms in total. The number of carbonyl (C=O) groups excluding carboxylic acids is 4. The lowest BCUT2D eigenvalue weighted by Crippen LogP contribution is -2.53. The maximum atomic E-state index is 15.2. The van der Waals surface area contributed by atoms with Crippen LogP contribution in [0, 0.1) is 29.5 Å². The molecule has 9 rings (SSSR count). The lowest BCUT2D eigenvalue weighted by Gasteiger charge is -2.50. The first-order chi connectivity index (χ1) is 26.2. The van der Waals surface area contributed by atoms with Crippen LogP contribution in [0.2, 0.25) is 5.02 Å². The second-order valence-electron chi connectivity index (χ2n) is 14.6. The molecule has 4 aromatic rings. The van der Waals surface area contributed by atoms with Crippen molar-refractivity contribution in [3.63, 3.8) is 0 Å². The Morgan fingerprint density at radius 2 is 1.48 bits per heavy atom. The lowest BCUT2D eigenvalue weighted by molar-refractivity contribution is -0.138. The molecule has 274 valence electrons. The van der Waals surface area contributed by atoms with Crippen LogP contribution in [0.1, 0.15) is 29.9 Å². The summed E-state index contributed by atoms with van der Waals surface area (Å²) in [5.74, 6) is -6.28. The van der Waals surface area contributed by atoms with E-state index in [4.69, 9.17) is 16.3 Å². The van der Waals surface area contributed by atoms with E-state index in [9.17, 15) is 23.9 Å². The van der Waals surface area contributed by atoms with E-state index in [0.29, 0.717) is 40.7 Å². The van der Waals surface area contributed by atoms with Crippen molar-refractivity contribution in [3.8, 4) is 5.75 Å². The maximum Gasteiger partial charge on any atom is 0.260 e. The fourth-order valence-corrected chi connectivity index (χ4v) is 9.75. The minimum Gasteiger partial charge on any atom is -0.508 e. The van der Waals surface area contributed by atoms with Gasteiger partial charge in [-0.25, -0.2) is 4.39 Å². The Hall–Kier alpha value is -5.52. The molecule has 6 atom stereocenters. The number of hydrogen-bond donors (Lipinski definition) is 2. The van der Waals surface area contributed by atoms with Crippen LogP contribution in [-0.4, -0.2) is 60.0 Å². The molecule has 54 heavy (non-hydrogen) atoms. The Bertz CT molecular complexity index is 2210. The number of para-hydroxylation sites is 1. The molecule has 2 N–H and O–H groups in total. The highest BCUT2D eigenvalue weighted by Gasteiger charge is 2.70. The average Bonchev–Trinajstić information content (AvgIpc) is 3.57. The van der Waals surface area contributed by atoms with Gasteiger partial charge in [0.05, 0.1) is 47.8 Å². The van der Waals surface area contributed by atoms with Gasteiger partial charge in [0, 0.05) is 35.3 Å². The number of hydrazine groups is 1. The molecule has 2 aliphatic carbocycles. The fourth-order valence-electron chi connectivity index (χ4n) is 9.62. The van der Waals surface area contributed by atoms with Gasteiger partial charge in [0.15, 0.2) is 0 Å². The SMILES string of the molecule is O=C1C2CC3C(=CCC4C(=O)N(c5ccc(N6CCOCC6)cc5)C(=O)C43)C(c3ccccc3O)C2(c2ccc(Cl)cc2)C(=O)N1Nc1ccc(F)cc1. The predicted octanol–water partition coefficient (Wildman–Crippen LogP) is 6.21. The third-order valence-corrected chi connectivity index (χ3v) is 12.2. The molecule has 12 heteroatoms. The van der Waals surface area contributed by atoms with Crippen molar-refractivity contribution in [3.05, 3.63) is 131 Å². The van der Waals surface area contributed by atoms with E-state index >= 15 is 4.79 Å². The van der Waals surface area contributed by atoms with E-state index in [0.717, 1.165) is 29.4 Å². The molecule has 6 unspecified atom stereocenters. The number of nitrogens with one attached hydrogen (secondary N) is 1. The Morgan fingerprint density at radius 3 is 2.19 bits per heavy atom. The highest BCUT2D eigenvalue weighted by molar-refractivity contribution is 6.30. The number of phenols is 1.